The largest absolute Gasteiger partial charge is 0.398 e. The second-order valence-corrected chi connectivity index (χ2v) is 6.62. The molecule has 0 amide bonds. The summed E-state index contributed by atoms with van der Waals surface area (Å²) in [6, 6.07) is 8.23. The zero-order chi connectivity index (χ0) is 14.4. The molecule has 2 aliphatic rings. The third kappa shape index (κ3) is 2.13. The second-order valence-electron chi connectivity index (χ2n) is 6.18. The van der Waals surface area contributed by atoms with Crippen LogP contribution in [0.1, 0.15) is 40.9 Å². The molecule has 0 aliphatic heterocycles. The van der Waals surface area contributed by atoms with Crippen molar-refractivity contribution in [1.82, 2.24) is 0 Å². The molecule has 0 atom stereocenters. The van der Waals surface area contributed by atoms with E-state index in [2.05, 4.69) is 16.7 Å². The Kier molecular flexibility index (Phi) is 3.15. The molecule has 0 saturated heterocycles. The third-order valence-electron chi connectivity index (χ3n) is 4.93. The molecule has 2 aliphatic carbocycles. The fourth-order valence-corrected chi connectivity index (χ4v) is 4.07. The lowest BCUT2D eigenvalue weighted by Crippen LogP contribution is -2.44. The molecule has 1 aromatic carbocycles. The number of nitrogens with two attached hydrogens (primary N) is 1. The van der Waals surface area contributed by atoms with Gasteiger partial charge in [0.05, 0.1) is 5.69 Å². The van der Waals surface area contributed by atoms with Gasteiger partial charge >= 0.3 is 0 Å². The van der Waals surface area contributed by atoms with Gasteiger partial charge in [0.15, 0.2) is 17.9 Å². The van der Waals surface area contributed by atoms with Gasteiger partial charge in [-0.2, -0.15) is 4.57 Å². The molecule has 0 unspecified atom stereocenters. The Hall–Kier alpha value is -1.54. The summed E-state index contributed by atoms with van der Waals surface area (Å²) in [5, 5.41) is 0.802. The average Bonchev–Trinajstić information content (AvgIpc) is 3.15. The van der Waals surface area contributed by atoms with Crippen molar-refractivity contribution in [3.63, 3.8) is 0 Å². The van der Waals surface area contributed by atoms with Gasteiger partial charge in [0.1, 0.15) is 0 Å². The number of hydrogen-bond donors (Lipinski definition) is 1. The SMILES string of the molecule is Nc1c2c([n+](Cc3ccc(Cl)cc3)c3c1CCC3)CCC2. The first kappa shape index (κ1) is 13.1. The lowest BCUT2D eigenvalue weighted by molar-refractivity contribution is -0.702. The summed E-state index contributed by atoms with van der Waals surface area (Å²) in [4.78, 5) is 0. The molecule has 0 spiro atoms. The van der Waals surface area contributed by atoms with Gasteiger partial charge in [-0.1, -0.05) is 23.7 Å². The lowest BCUT2D eigenvalue weighted by Gasteiger charge is -2.12. The van der Waals surface area contributed by atoms with Crippen LogP contribution < -0.4 is 10.3 Å². The molecular formula is C18H20ClN2+. The molecule has 1 aromatic heterocycles. The summed E-state index contributed by atoms with van der Waals surface area (Å²) in [6.07, 6.45) is 7.11. The van der Waals surface area contributed by atoms with E-state index in [0.29, 0.717) is 0 Å². The van der Waals surface area contributed by atoms with Crippen molar-refractivity contribution in [2.45, 2.75) is 45.1 Å². The molecule has 4 rings (SSSR count). The molecule has 1 heterocycles. The van der Waals surface area contributed by atoms with Crippen LogP contribution >= 0.6 is 11.6 Å². The maximum atomic E-state index is 6.44. The smallest absolute Gasteiger partial charge is 0.187 e. The molecular weight excluding hydrogens is 280 g/mol. The number of halogens is 1. The highest BCUT2D eigenvalue weighted by atomic mass is 35.5. The molecule has 2 aromatic rings. The maximum absolute atomic E-state index is 6.44. The molecule has 21 heavy (non-hydrogen) atoms. The van der Waals surface area contributed by atoms with E-state index in [1.165, 1.54) is 53.8 Å². The third-order valence-corrected chi connectivity index (χ3v) is 5.19. The molecule has 3 heteroatoms. The summed E-state index contributed by atoms with van der Waals surface area (Å²) in [7, 11) is 0. The van der Waals surface area contributed by atoms with Gasteiger partial charge in [-0.3, -0.25) is 0 Å². The van der Waals surface area contributed by atoms with E-state index in [9.17, 15) is 0 Å². The molecule has 2 nitrogen and oxygen atoms in total. The van der Waals surface area contributed by atoms with E-state index in [-0.39, 0.29) is 0 Å². The number of hydrogen-bond acceptors (Lipinski definition) is 1. The Morgan fingerprint density at radius 1 is 0.905 bits per heavy atom. The van der Waals surface area contributed by atoms with E-state index in [1.54, 1.807) is 0 Å². The first-order valence-electron chi connectivity index (χ1n) is 7.83. The normalized spacial score (nSPS) is 16.0. The number of aromatic nitrogens is 1. The van der Waals surface area contributed by atoms with Crippen molar-refractivity contribution in [3.8, 4) is 0 Å². The predicted molar refractivity (Wildman–Crippen MR) is 85.7 cm³/mol. The summed E-state index contributed by atoms with van der Waals surface area (Å²) in [5.74, 6) is 0. The molecule has 0 fully saturated rings. The zero-order valence-corrected chi connectivity index (χ0v) is 12.9. The average molecular weight is 300 g/mol. The van der Waals surface area contributed by atoms with E-state index in [4.69, 9.17) is 17.3 Å². The van der Waals surface area contributed by atoms with Gasteiger partial charge in [0.2, 0.25) is 0 Å². The fourth-order valence-electron chi connectivity index (χ4n) is 3.94. The molecule has 108 valence electrons. The van der Waals surface area contributed by atoms with Gasteiger partial charge in [-0.25, -0.2) is 0 Å². The van der Waals surface area contributed by atoms with Crippen LogP contribution in [0.25, 0.3) is 0 Å². The summed E-state index contributed by atoms with van der Waals surface area (Å²) in [5.41, 5.74) is 14.6. The Bertz CT molecular complexity index is 669. The highest BCUT2D eigenvalue weighted by Crippen LogP contribution is 2.33. The second kappa shape index (κ2) is 5.03. The van der Waals surface area contributed by atoms with Gasteiger partial charge in [-0.05, 0) is 37.8 Å². The summed E-state index contributed by atoms with van der Waals surface area (Å²) >= 11 is 6.00. The number of rotatable bonds is 2. The molecule has 2 N–H and O–H groups in total. The number of benzene rings is 1. The van der Waals surface area contributed by atoms with Crippen LogP contribution in [0.4, 0.5) is 5.69 Å². The Labute approximate surface area is 130 Å². The first-order chi connectivity index (χ1) is 10.2. The number of anilines is 1. The van der Waals surface area contributed by atoms with Crippen molar-refractivity contribution in [3.05, 3.63) is 57.4 Å². The number of nitrogen functional groups attached to an aromatic ring is 1. The first-order valence-corrected chi connectivity index (χ1v) is 8.21. The predicted octanol–water partition coefficient (Wildman–Crippen LogP) is 3.24. The number of pyridine rings is 1. The van der Waals surface area contributed by atoms with Crippen LogP contribution in [0.3, 0.4) is 0 Å². The van der Waals surface area contributed by atoms with Crippen LogP contribution in [0.15, 0.2) is 24.3 Å². The van der Waals surface area contributed by atoms with Crippen LogP contribution in [-0.2, 0) is 32.2 Å². The molecule has 0 radical (unpaired) electrons. The number of fused-ring (bicyclic) bond motifs is 2. The minimum atomic E-state index is 0.802. The van der Waals surface area contributed by atoms with Crippen molar-refractivity contribution >= 4 is 17.3 Å². The maximum Gasteiger partial charge on any atom is 0.187 e. The minimum absolute atomic E-state index is 0.802. The van der Waals surface area contributed by atoms with Crippen molar-refractivity contribution in [2.75, 3.05) is 5.73 Å². The molecule has 0 saturated carbocycles. The highest BCUT2D eigenvalue weighted by Gasteiger charge is 2.33. The summed E-state index contributed by atoms with van der Waals surface area (Å²) in [6.45, 7) is 0.947. The van der Waals surface area contributed by atoms with Crippen molar-refractivity contribution < 1.29 is 4.57 Å². The summed E-state index contributed by atoms with van der Waals surface area (Å²) < 4.78 is 2.55. The van der Waals surface area contributed by atoms with E-state index in [0.717, 1.165) is 30.1 Å². The van der Waals surface area contributed by atoms with Crippen molar-refractivity contribution in [2.24, 2.45) is 0 Å². The Morgan fingerprint density at radius 3 is 2.05 bits per heavy atom. The Balaban J connectivity index is 1.83. The quantitative estimate of drug-likeness (QED) is 0.848. The van der Waals surface area contributed by atoms with Gasteiger partial charge < -0.3 is 5.73 Å². The highest BCUT2D eigenvalue weighted by molar-refractivity contribution is 6.30. The van der Waals surface area contributed by atoms with Crippen LogP contribution in [0, 0.1) is 0 Å². The zero-order valence-electron chi connectivity index (χ0n) is 12.2. The topological polar surface area (TPSA) is 29.9 Å². The van der Waals surface area contributed by atoms with Gasteiger partial charge in [0.25, 0.3) is 0 Å². The van der Waals surface area contributed by atoms with E-state index in [1.807, 2.05) is 12.1 Å². The van der Waals surface area contributed by atoms with Crippen molar-refractivity contribution in [1.29, 1.82) is 0 Å². The van der Waals surface area contributed by atoms with Crippen LogP contribution in [-0.4, -0.2) is 0 Å². The number of nitrogens with zero attached hydrogens (tertiary/aromatic N) is 1. The monoisotopic (exact) mass is 299 g/mol. The van der Waals surface area contributed by atoms with Gasteiger partial charge in [-0.15, -0.1) is 0 Å². The fraction of sp³-hybridized carbons (Fsp3) is 0.389. The van der Waals surface area contributed by atoms with E-state index >= 15 is 0 Å². The standard InChI is InChI=1S/C18H19ClN2/c19-13-9-7-12(8-10-13)11-21-16-5-1-3-14(16)18(20)15-4-2-6-17(15)21/h7-10,20H,1-6,11H2/p+1. The van der Waals surface area contributed by atoms with Gasteiger partial charge in [0, 0.05) is 34.6 Å². The van der Waals surface area contributed by atoms with Crippen LogP contribution in [0.5, 0.6) is 0 Å². The minimum Gasteiger partial charge on any atom is -0.398 e. The van der Waals surface area contributed by atoms with E-state index < -0.39 is 0 Å². The van der Waals surface area contributed by atoms with Crippen LogP contribution in [0.2, 0.25) is 5.02 Å². The Morgan fingerprint density at radius 2 is 1.48 bits per heavy atom. The lowest BCUT2D eigenvalue weighted by atomic mass is 10.0. The molecule has 0 bridgehead atoms.